The summed E-state index contributed by atoms with van der Waals surface area (Å²) in [6.07, 6.45) is 1.79. The lowest BCUT2D eigenvalue weighted by Gasteiger charge is -2.14. The number of rotatable bonds is 9. The summed E-state index contributed by atoms with van der Waals surface area (Å²) < 4.78 is 7.16. The van der Waals surface area contributed by atoms with Crippen LogP contribution >= 0.6 is 11.8 Å². The number of ether oxygens (including phenoxy) is 1. The summed E-state index contributed by atoms with van der Waals surface area (Å²) in [6, 6.07) is 17.5. The number of allylic oxidation sites excluding steroid dienone is 1. The van der Waals surface area contributed by atoms with E-state index in [0.29, 0.717) is 11.7 Å². The average Bonchev–Trinajstić information content (AvgIpc) is 3.15. The van der Waals surface area contributed by atoms with E-state index in [1.807, 2.05) is 66.1 Å². The van der Waals surface area contributed by atoms with E-state index in [2.05, 4.69) is 22.1 Å². The molecule has 0 saturated carbocycles. The second-order valence-electron chi connectivity index (χ2n) is 6.42. The van der Waals surface area contributed by atoms with Gasteiger partial charge in [-0.3, -0.25) is 9.36 Å². The molecule has 1 unspecified atom stereocenters. The summed E-state index contributed by atoms with van der Waals surface area (Å²) in [5.41, 5.74) is 2.00. The van der Waals surface area contributed by atoms with Gasteiger partial charge in [-0.05, 0) is 36.8 Å². The normalized spacial score (nSPS) is 11.7. The van der Waals surface area contributed by atoms with E-state index in [-0.39, 0.29) is 17.7 Å². The number of nitrogens with zero attached hydrogens (tertiary/aromatic N) is 3. The smallest absolute Gasteiger partial charge is 0.230 e. The molecule has 0 fully saturated rings. The third-order valence-corrected chi connectivity index (χ3v) is 5.35. The lowest BCUT2D eigenvalue weighted by Crippen LogP contribution is -2.28. The van der Waals surface area contributed by atoms with Gasteiger partial charge in [-0.15, -0.1) is 16.8 Å². The van der Waals surface area contributed by atoms with E-state index in [1.165, 1.54) is 11.8 Å². The zero-order valence-electron chi connectivity index (χ0n) is 16.5. The van der Waals surface area contributed by atoms with Gasteiger partial charge in [0.2, 0.25) is 5.91 Å². The van der Waals surface area contributed by atoms with Crippen LogP contribution in [0.5, 0.6) is 5.75 Å². The first-order chi connectivity index (χ1) is 14.1. The van der Waals surface area contributed by atoms with Gasteiger partial charge in [0.1, 0.15) is 5.75 Å². The van der Waals surface area contributed by atoms with Crippen LogP contribution in [-0.4, -0.2) is 33.5 Å². The summed E-state index contributed by atoms with van der Waals surface area (Å²) in [6.45, 7) is 6.35. The SMILES string of the molecule is C=CCn1c(SCC(=O)NC(C)c2ccccc2)nnc1-c1ccc(OC)cc1. The first-order valence-electron chi connectivity index (χ1n) is 9.28. The van der Waals surface area contributed by atoms with E-state index in [4.69, 9.17) is 4.74 Å². The number of aromatic nitrogens is 3. The molecule has 2 aromatic carbocycles. The van der Waals surface area contributed by atoms with Gasteiger partial charge in [-0.1, -0.05) is 48.2 Å². The Bertz CT molecular complexity index is 955. The van der Waals surface area contributed by atoms with Gasteiger partial charge in [-0.25, -0.2) is 0 Å². The van der Waals surface area contributed by atoms with E-state index in [0.717, 1.165) is 22.7 Å². The van der Waals surface area contributed by atoms with Crippen molar-refractivity contribution in [2.75, 3.05) is 12.9 Å². The van der Waals surface area contributed by atoms with Crippen molar-refractivity contribution in [2.24, 2.45) is 0 Å². The Labute approximate surface area is 175 Å². The maximum atomic E-state index is 12.4. The van der Waals surface area contributed by atoms with Gasteiger partial charge >= 0.3 is 0 Å². The number of thioether (sulfide) groups is 1. The van der Waals surface area contributed by atoms with Crippen LogP contribution < -0.4 is 10.1 Å². The van der Waals surface area contributed by atoms with Crippen molar-refractivity contribution in [1.29, 1.82) is 0 Å². The molecule has 1 amide bonds. The quantitative estimate of drug-likeness (QED) is 0.426. The molecule has 1 aromatic heterocycles. The van der Waals surface area contributed by atoms with Crippen LogP contribution in [-0.2, 0) is 11.3 Å². The molecule has 1 atom stereocenters. The lowest BCUT2D eigenvalue weighted by atomic mass is 10.1. The zero-order chi connectivity index (χ0) is 20.6. The molecule has 0 aliphatic carbocycles. The third-order valence-electron chi connectivity index (χ3n) is 4.39. The average molecular weight is 409 g/mol. The number of methoxy groups -OCH3 is 1. The van der Waals surface area contributed by atoms with Gasteiger partial charge in [0, 0.05) is 12.1 Å². The maximum Gasteiger partial charge on any atom is 0.230 e. The van der Waals surface area contributed by atoms with E-state index >= 15 is 0 Å². The number of hydrogen-bond acceptors (Lipinski definition) is 5. The molecular formula is C22H24N4O2S. The van der Waals surface area contributed by atoms with Crippen molar-refractivity contribution in [2.45, 2.75) is 24.7 Å². The van der Waals surface area contributed by atoms with Crippen LogP contribution in [0.25, 0.3) is 11.4 Å². The molecule has 3 rings (SSSR count). The van der Waals surface area contributed by atoms with Crippen LogP contribution in [0.1, 0.15) is 18.5 Å². The van der Waals surface area contributed by atoms with Gasteiger partial charge in [0.15, 0.2) is 11.0 Å². The van der Waals surface area contributed by atoms with Crippen molar-refractivity contribution >= 4 is 17.7 Å². The van der Waals surface area contributed by atoms with E-state index in [1.54, 1.807) is 13.2 Å². The Morgan fingerprint density at radius 1 is 1.21 bits per heavy atom. The van der Waals surface area contributed by atoms with Crippen molar-refractivity contribution in [3.63, 3.8) is 0 Å². The second-order valence-corrected chi connectivity index (χ2v) is 7.37. The van der Waals surface area contributed by atoms with E-state index < -0.39 is 0 Å². The summed E-state index contributed by atoms with van der Waals surface area (Å²) in [7, 11) is 1.63. The first kappa shape index (κ1) is 20.7. The molecule has 0 aliphatic heterocycles. The molecule has 3 aromatic rings. The largest absolute Gasteiger partial charge is 0.497 e. The number of hydrogen-bond donors (Lipinski definition) is 1. The fourth-order valence-corrected chi connectivity index (χ4v) is 3.64. The minimum Gasteiger partial charge on any atom is -0.497 e. The molecule has 0 radical (unpaired) electrons. The molecule has 29 heavy (non-hydrogen) atoms. The summed E-state index contributed by atoms with van der Waals surface area (Å²) >= 11 is 1.36. The molecule has 0 saturated heterocycles. The summed E-state index contributed by atoms with van der Waals surface area (Å²) in [5, 5.41) is 12.3. The van der Waals surface area contributed by atoms with Crippen LogP contribution in [0.2, 0.25) is 0 Å². The van der Waals surface area contributed by atoms with Crippen molar-refractivity contribution in [3.05, 3.63) is 72.8 Å². The Balaban J connectivity index is 1.68. The Kier molecular flexibility index (Phi) is 7.08. The zero-order valence-corrected chi connectivity index (χ0v) is 17.4. The highest BCUT2D eigenvalue weighted by molar-refractivity contribution is 7.99. The minimum absolute atomic E-state index is 0.0505. The monoisotopic (exact) mass is 408 g/mol. The molecule has 0 spiro atoms. The highest BCUT2D eigenvalue weighted by Crippen LogP contribution is 2.25. The van der Waals surface area contributed by atoms with Gasteiger partial charge in [-0.2, -0.15) is 0 Å². The fourth-order valence-electron chi connectivity index (χ4n) is 2.88. The number of benzene rings is 2. The number of amides is 1. The van der Waals surface area contributed by atoms with Gasteiger partial charge in [0.05, 0.1) is 18.9 Å². The molecule has 6 nitrogen and oxygen atoms in total. The Hall–Kier alpha value is -3.06. The van der Waals surface area contributed by atoms with Crippen molar-refractivity contribution in [1.82, 2.24) is 20.1 Å². The van der Waals surface area contributed by atoms with Crippen molar-refractivity contribution in [3.8, 4) is 17.1 Å². The maximum absolute atomic E-state index is 12.4. The summed E-state index contributed by atoms with van der Waals surface area (Å²) in [5.74, 6) is 1.72. The number of nitrogens with one attached hydrogen (secondary N) is 1. The molecule has 1 N–H and O–H groups in total. The molecular weight excluding hydrogens is 384 g/mol. The van der Waals surface area contributed by atoms with Crippen LogP contribution in [0.4, 0.5) is 0 Å². The Morgan fingerprint density at radius 2 is 1.93 bits per heavy atom. The lowest BCUT2D eigenvalue weighted by molar-refractivity contribution is -0.119. The van der Waals surface area contributed by atoms with Gasteiger partial charge in [0.25, 0.3) is 0 Å². The van der Waals surface area contributed by atoms with Crippen LogP contribution in [0.3, 0.4) is 0 Å². The van der Waals surface area contributed by atoms with E-state index in [9.17, 15) is 4.79 Å². The van der Waals surface area contributed by atoms with Gasteiger partial charge < -0.3 is 10.1 Å². The topological polar surface area (TPSA) is 69.0 Å². The van der Waals surface area contributed by atoms with Crippen LogP contribution in [0, 0.1) is 0 Å². The standard InChI is InChI=1S/C22H24N4O2S/c1-4-14-26-21(18-10-12-19(28-3)13-11-18)24-25-22(26)29-15-20(27)23-16(2)17-8-6-5-7-9-17/h4-13,16H,1,14-15H2,2-3H3,(H,23,27). The molecule has 7 heteroatoms. The first-order valence-corrected chi connectivity index (χ1v) is 10.3. The molecule has 1 heterocycles. The number of carbonyl (C=O) groups excluding carboxylic acids is 1. The fraction of sp³-hybridized carbons (Fsp3) is 0.227. The second kappa shape index (κ2) is 9.93. The predicted octanol–water partition coefficient (Wildman–Crippen LogP) is 4.11. The minimum atomic E-state index is -0.0507. The molecule has 150 valence electrons. The van der Waals surface area contributed by atoms with Crippen molar-refractivity contribution < 1.29 is 9.53 Å². The molecule has 0 bridgehead atoms. The highest BCUT2D eigenvalue weighted by atomic mass is 32.2. The summed E-state index contributed by atoms with van der Waals surface area (Å²) in [4.78, 5) is 12.4. The highest BCUT2D eigenvalue weighted by Gasteiger charge is 2.16. The predicted molar refractivity (Wildman–Crippen MR) is 116 cm³/mol. The third kappa shape index (κ3) is 5.26. The Morgan fingerprint density at radius 3 is 2.59 bits per heavy atom. The number of carbonyl (C=O) groups is 1. The molecule has 0 aliphatic rings. The van der Waals surface area contributed by atoms with Crippen LogP contribution in [0.15, 0.2) is 72.4 Å².